The van der Waals surface area contributed by atoms with E-state index in [9.17, 15) is 24.2 Å². The molecule has 0 heterocycles. The van der Waals surface area contributed by atoms with Gasteiger partial charge in [-0.05, 0) is 12.8 Å². The molecule has 0 radical (unpaired) electrons. The molecule has 0 saturated heterocycles. The molecule has 9 nitrogen and oxygen atoms in total. The quantitative estimate of drug-likeness (QED) is 0.0329. The first-order valence-corrected chi connectivity index (χ1v) is 21.5. The molecular weight excluding hydrogens is 629 g/mol. The Hall–Kier alpha value is -0.990. The summed E-state index contributed by atoms with van der Waals surface area (Å²) in [6, 6.07) is 0. The summed E-state index contributed by atoms with van der Waals surface area (Å²) < 4.78 is 26.5. The predicted octanol–water partition coefficient (Wildman–Crippen LogP) is 10.5. The van der Waals surface area contributed by atoms with Crippen molar-refractivity contribution in [3.8, 4) is 0 Å². The molecule has 0 rings (SSSR count). The van der Waals surface area contributed by atoms with Gasteiger partial charge in [0.25, 0.3) is 0 Å². The Morgan fingerprint density at radius 2 is 0.938 bits per heavy atom. The van der Waals surface area contributed by atoms with Gasteiger partial charge >= 0.3 is 13.8 Å². The van der Waals surface area contributed by atoms with Gasteiger partial charge in [0.05, 0.1) is 13.2 Å². The van der Waals surface area contributed by atoms with E-state index in [4.69, 9.17) is 13.8 Å². The van der Waals surface area contributed by atoms with Crippen molar-refractivity contribution in [1.29, 1.82) is 0 Å². The minimum Gasteiger partial charge on any atom is -0.463 e. The van der Waals surface area contributed by atoms with Gasteiger partial charge in [0.2, 0.25) is 5.91 Å². The normalized spacial score (nSPS) is 13.3. The molecule has 48 heavy (non-hydrogen) atoms. The minimum absolute atomic E-state index is 0.0876. The molecular formula is C38H76NO8P. The average Bonchev–Trinajstić information content (AvgIpc) is 3.07. The molecule has 3 N–H and O–H groups in total. The average molecular weight is 706 g/mol. The number of rotatable bonds is 38. The van der Waals surface area contributed by atoms with E-state index >= 15 is 0 Å². The second kappa shape index (κ2) is 35.8. The smallest absolute Gasteiger partial charge is 0.463 e. The Morgan fingerprint density at radius 3 is 1.38 bits per heavy atom. The first-order chi connectivity index (χ1) is 23.3. The summed E-state index contributed by atoms with van der Waals surface area (Å²) in [4.78, 5) is 33.4. The van der Waals surface area contributed by atoms with Crippen LogP contribution in [0.5, 0.6) is 0 Å². The van der Waals surface area contributed by atoms with E-state index in [0.717, 1.165) is 44.9 Å². The molecule has 0 fully saturated rings. The van der Waals surface area contributed by atoms with E-state index in [1.165, 1.54) is 128 Å². The van der Waals surface area contributed by atoms with Gasteiger partial charge in [-0.3, -0.25) is 18.6 Å². The molecule has 0 aliphatic carbocycles. The highest BCUT2D eigenvalue weighted by molar-refractivity contribution is 7.47. The number of aliphatic hydroxyl groups excluding tert-OH is 1. The number of carbonyl (C=O) groups is 2. The van der Waals surface area contributed by atoms with Gasteiger partial charge in [0.1, 0.15) is 12.7 Å². The van der Waals surface area contributed by atoms with Gasteiger partial charge in [-0.15, -0.1) is 0 Å². The van der Waals surface area contributed by atoms with E-state index in [2.05, 4.69) is 19.2 Å². The van der Waals surface area contributed by atoms with Crippen molar-refractivity contribution in [1.82, 2.24) is 5.32 Å². The van der Waals surface area contributed by atoms with Gasteiger partial charge in [0, 0.05) is 19.4 Å². The molecule has 0 bridgehead atoms. The Balaban J connectivity index is 3.44. The standard InChI is InChI=1S/C38H76NO8P/c1-3-5-7-9-10-11-12-13-14-15-16-17-18-19-20-21-22-23-24-25-26-27-28-30-37(41)39-32-33-46-48(43,44)47-35-36(40)34-45-38(42)31-29-8-6-4-2/h36,40H,3-35H2,1-2H3,(H,39,41)(H,43,44). The molecule has 0 aromatic heterocycles. The van der Waals surface area contributed by atoms with Gasteiger partial charge in [-0.25, -0.2) is 4.57 Å². The second-order valence-electron chi connectivity index (χ2n) is 13.6. The number of ether oxygens (including phenoxy) is 1. The molecule has 286 valence electrons. The van der Waals surface area contributed by atoms with Crippen LogP contribution in [0.15, 0.2) is 0 Å². The van der Waals surface area contributed by atoms with E-state index in [1.54, 1.807) is 0 Å². The van der Waals surface area contributed by atoms with E-state index in [0.29, 0.717) is 6.42 Å². The lowest BCUT2D eigenvalue weighted by atomic mass is 10.0. The monoisotopic (exact) mass is 706 g/mol. The molecule has 0 aliphatic rings. The third-order valence-corrected chi connectivity index (χ3v) is 9.77. The van der Waals surface area contributed by atoms with E-state index < -0.39 is 26.5 Å². The van der Waals surface area contributed by atoms with E-state index in [-0.39, 0.29) is 32.1 Å². The Morgan fingerprint density at radius 1 is 0.562 bits per heavy atom. The lowest BCUT2D eigenvalue weighted by molar-refractivity contribution is -0.147. The van der Waals surface area contributed by atoms with Crippen LogP contribution < -0.4 is 5.32 Å². The topological polar surface area (TPSA) is 131 Å². The Kier molecular flexibility index (Phi) is 35.1. The zero-order chi connectivity index (χ0) is 35.4. The van der Waals surface area contributed by atoms with E-state index in [1.807, 2.05) is 0 Å². The summed E-state index contributed by atoms with van der Waals surface area (Å²) in [6.45, 7) is 3.43. The number of carbonyl (C=O) groups excluding carboxylic acids is 2. The number of nitrogens with one attached hydrogen (secondary N) is 1. The lowest BCUT2D eigenvalue weighted by Gasteiger charge is -2.15. The third kappa shape index (κ3) is 36.3. The first kappa shape index (κ1) is 47.0. The fourth-order valence-corrected chi connectivity index (χ4v) is 6.49. The first-order valence-electron chi connectivity index (χ1n) is 20.0. The summed E-state index contributed by atoms with van der Waals surface area (Å²) in [5, 5.41) is 12.5. The minimum atomic E-state index is -4.39. The van der Waals surface area contributed by atoms with Crippen molar-refractivity contribution in [2.75, 3.05) is 26.4 Å². The van der Waals surface area contributed by atoms with Crippen molar-refractivity contribution in [2.24, 2.45) is 0 Å². The highest BCUT2D eigenvalue weighted by Gasteiger charge is 2.23. The number of phosphoric ester groups is 1. The molecule has 0 saturated carbocycles. The Labute approximate surface area is 295 Å². The molecule has 0 aliphatic heterocycles. The molecule has 0 aromatic carbocycles. The number of unbranched alkanes of at least 4 members (excludes halogenated alkanes) is 25. The van der Waals surface area contributed by atoms with Gasteiger partial charge in [0.15, 0.2) is 0 Å². The molecule has 1 amide bonds. The number of amides is 1. The molecule has 2 atom stereocenters. The highest BCUT2D eigenvalue weighted by atomic mass is 31.2. The fourth-order valence-electron chi connectivity index (χ4n) is 5.73. The predicted molar refractivity (Wildman–Crippen MR) is 197 cm³/mol. The van der Waals surface area contributed by atoms with Crippen molar-refractivity contribution >= 4 is 19.7 Å². The zero-order valence-electron chi connectivity index (χ0n) is 31.2. The number of aliphatic hydroxyl groups is 1. The zero-order valence-corrected chi connectivity index (χ0v) is 32.1. The molecule has 0 aromatic rings. The van der Waals surface area contributed by atoms with Crippen LogP contribution in [0, 0.1) is 0 Å². The largest absolute Gasteiger partial charge is 0.472 e. The van der Waals surface area contributed by atoms with Crippen LogP contribution in [-0.4, -0.2) is 54.3 Å². The fraction of sp³-hybridized carbons (Fsp3) is 0.947. The van der Waals surface area contributed by atoms with Gasteiger partial charge in [-0.2, -0.15) is 0 Å². The number of hydrogen-bond acceptors (Lipinski definition) is 7. The van der Waals surface area contributed by atoms with Crippen molar-refractivity contribution in [3.63, 3.8) is 0 Å². The summed E-state index contributed by atoms with van der Waals surface area (Å²) in [7, 11) is -4.39. The summed E-state index contributed by atoms with van der Waals surface area (Å²) in [6.07, 6.45) is 34.0. The van der Waals surface area contributed by atoms with Crippen LogP contribution in [0.3, 0.4) is 0 Å². The van der Waals surface area contributed by atoms with Crippen molar-refractivity contribution < 1.29 is 37.9 Å². The molecule has 2 unspecified atom stereocenters. The van der Waals surface area contributed by atoms with Gasteiger partial charge in [-0.1, -0.05) is 174 Å². The van der Waals surface area contributed by atoms with Crippen LogP contribution in [-0.2, 0) is 27.9 Å². The van der Waals surface area contributed by atoms with Crippen molar-refractivity contribution in [2.45, 2.75) is 206 Å². The summed E-state index contributed by atoms with van der Waals surface area (Å²) >= 11 is 0. The SMILES string of the molecule is CCCCCCCCCCCCCCCCCCCCCCCCCC(=O)NCCOP(=O)(O)OCC(O)COC(=O)CCCCCC. The lowest BCUT2D eigenvalue weighted by Crippen LogP contribution is -2.27. The van der Waals surface area contributed by atoms with Crippen LogP contribution in [0.25, 0.3) is 0 Å². The number of esters is 1. The highest BCUT2D eigenvalue weighted by Crippen LogP contribution is 2.42. The maximum absolute atomic E-state index is 12.0. The third-order valence-electron chi connectivity index (χ3n) is 8.79. The van der Waals surface area contributed by atoms with Crippen LogP contribution in [0.2, 0.25) is 0 Å². The summed E-state index contributed by atoms with van der Waals surface area (Å²) in [5.74, 6) is -0.525. The Bertz CT molecular complexity index is 769. The number of phosphoric acid groups is 1. The van der Waals surface area contributed by atoms with Gasteiger partial charge < -0.3 is 20.1 Å². The van der Waals surface area contributed by atoms with Crippen LogP contribution in [0.4, 0.5) is 0 Å². The maximum atomic E-state index is 12.0. The number of hydrogen-bond donors (Lipinski definition) is 3. The maximum Gasteiger partial charge on any atom is 0.472 e. The van der Waals surface area contributed by atoms with Crippen LogP contribution in [0.1, 0.15) is 200 Å². The molecule has 10 heteroatoms. The van der Waals surface area contributed by atoms with Crippen molar-refractivity contribution in [3.05, 3.63) is 0 Å². The second-order valence-corrected chi connectivity index (χ2v) is 15.1. The van der Waals surface area contributed by atoms with Crippen LogP contribution >= 0.6 is 7.82 Å². The molecule has 0 spiro atoms. The summed E-state index contributed by atoms with van der Waals surface area (Å²) in [5.41, 5.74) is 0.